The molecule has 1 amide bonds. The lowest BCUT2D eigenvalue weighted by Crippen LogP contribution is -2.28. The Morgan fingerprint density at radius 2 is 1.91 bits per heavy atom. The summed E-state index contributed by atoms with van der Waals surface area (Å²) in [5.74, 6) is 0.627. The van der Waals surface area contributed by atoms with Crippen LogP contribution in [0.5, 0.6) is 0 Å². The second kappa shape index (κ2) is 9.53. The van der Waals surface area contributed by atoms with E-state index in [2.05, 4.69) is 29.8 Å². The third-order valence-corrected chi connectivity index (χ3v) is 7.78. The first-order valence-corrected chi connectivity index (χ1v) is 13.0. The van der Waals surface area contributed by atoms with E-state index in [0.29, 0.717) is 17.6 Å². The van der Waals surface area contributed by atoms with Crippen LogP contribution < -0.4 is 10.9 Å². The predicted octanol–water partition coefficient (Wildman–Crippen LogP) is 5.08. The highest BCUT2D eigenvalue weighted by atomic mass is 32.2. The average molecular weight is 476 g/mol. The van der Waals surface area contributed by atoms with Gasteiger partial charge in [0.1, 0.15) is 4.83 Å². The number of thioether (sulfide) groups is 1. The molecule has 1 aliphatic rings. The van der Waals surface area contributed by atoms with Crippen molar-refractivity contribution in [1.29, 1.82) is 0 Å². The Labute approximate surface area is 200 Å². The topological polar surface area (TPSA) is 64.0 Å². The van der Waals surface area contributed by atoms with E-state index in [1.54, 1.807) is 4.57 Å². The summed E-state index contributed by atoms with van der Waals surface area (Å²) in [4.78, 5) is 31.7. The zero-order chi connectivity index (χ0) is 22.8. The van der Waals surface area contributed by atoms with Gasteiger partial charge in [-0.1, -0.05) is 54.2 Å². The summed E-state index contributed by atoms with van der Waals surface area (Å²) >= 11 is 2.83. The fourth-order valence-corrected chi connectivity index (χ4v) is 5.90. The molecule has 5 rings (SSSR count). The predicted molar refractivity (Wildman–Crippen MR) is 136 cm³/mol. The lowest BCUT2D eigenvalue weighted by atomic mass is 10.1. The summed E-state index contributed by atoms with van der Waals surface area (Å²) in [6.07, 6.45) is 3.06. The summed E-state index contributed by atoms with van der Waals surface area (Å²) in [6, 6.07) is 17.8. The standard InChI is InChI=1S/C26H25N3O2S2/c1-17-7-5-6-8-18(17)13-14-27-22(30)16-33-26-28-24-23(21(15-32-24)19-11-12-19)25(31)29(26)20-9-3-2-4-10-20/h2-10,15,19H,11-14,16H2,1H3,(H,27,30). The van der Waals surface area contributed by atoms with Crippen molar-refractivity contribution in [1.82, 2.24) is 14.9 Å². The third kappa shape index (κ3) is 4.75. The van der Waals surface area contributed by atoms with Crippen LogP contribution >= 0.6 is 23.1 Å². The highest BCUT2D eigenvalue weighted by Gasteiger charge is 2.29. The van der Waals surface area contributed by atoms with Gasteiger partial charge in [-0.3, -0.25) is 14.2 Å². The van der Waals surface area contributed by atoms with Gasteiger partial charge in [-0.15, -0.1) is 11.3 Å². The molecule has 0 atom stereocenters. The Morgan fingerprint density at radius 3 is 2.67 bits per heavy atom. The van der Waals surface area contributed by atoms with Crippen molar-refractivity contribution >= 4 is 39.2 Å². The van der Waals surface area contributed by atoms with E-state index in [9.17, 15) is 9.59 Å². The Balaban J connectivity index is 1.35. The normalized spacial score (nSPS) is 13.4. The number of aryl methyl sites for hydroxylation is 1. The van der Waals surface area contributed by atoms with E-state index in [1.807, 2.05) is 42.5 Å². The number of amides is 1. The van der Waals surface area contributed by atoms with E-state index in [0.717, 1.165) is 40.7 Å². The van der Waals surface area contributed by atoms with E-state index in [1.165, 1.54) is 34.2 Å². The van der Waals surface area contributed by atoms with Gasteiger partial charge in [0.25, 0.3) is 5.56 Å². The van der Waals surface area contributed by atoms with Crippen LogP contribution in [0, 0.1) is 6.92 Å². The minimum Gasteiger partial charge on any atom is -0.355 e. The number of hydrogen-bond acceptors (Lipinski definition) is 5. The van der Waals surface area contributed by atoms with Crippen LogP contribution in [0.2, 0.25) is 0 Å². The van der Waals surface area contributed by atoms with Gasteiger partial charge in [-0.2, -0.15) is 0 Å². The second-order valence-electron chi connectivity index (χ2n) is 8.33. The van der Waals surface area contributed by atoms with Crippen molar-refractivity contribution in [2.45, 2.75) is 37.3 Å². The molecule has 0 spiro atoms. The van der Waals surface area contributed by atoms with Crippen molar-refractivity contribution in [2.24, 2.45) is 0 Å². The Bertz CT molecular complexity index is 1360. The van der Waals surface area contributed by atoms with Crippen molar-refractivity contribution in [2.75, 3.05) is 12.3 Å². The molecular weight excluding hydrogens is 450 g/mol. The monoisotopic (exact) mass is 475 g/mol. The van der Waals surface area contributed by atoms with E-state index < -0.39 is 0 Å². The van der Waals surface area contributed by atoms with Gasteiger partial charge in [-0.05, 0) is 66.3 Å². The smallest absolute Gasteiger partial charge is 0.267 e. The van der Waals surface area contributed by atoms with Crippen LogP contribution in [0.3, 0.4) is 0 Å². The molecule has 1 N–H and O–H groups in total. The molecule has 2 heterocycles. The molecule has 1 fully saturated rings. The molecule has 168 valence electrons. The molecule has 7 heteroatoms. The van der Waals surface area contributed by atoms with Crippen molar-refractivity contribution in [3.63, 3.8) is 0 Å². The summed E-state index contributed by atoms with van der Waals surface area (Å²) in [5.41, 5.74) is 4.32. The number of thiophene rings is 1. The van der Waals surface area contributed by atoms with Gasteiger partial charge >= 0.3 is 0 Å². The maximum absolute atomic E-state index is 13.6. The van der Waals surface area contributed by atoms with Crippen molar-refractivity contribution < 1.29 is 4.79 Å². The fourth-order valence-electron chi connectivity index (χ4n) is 4.00. The molecule has 1 aliphatic carbocycles. The van der Waals surface area contributed by atoms with Gasteiger partial charge in [0, 0.05) is 6.54 Å². The Kier molecular flexibility index (Phi) is 6.33. The highest BCUT2D eigenvalue weighted by Crippen LogP contribution is 2.44. The number of carbonyl (C=O) groups is 1. The first-order valence-electron chi connectivity index (χ1n) is 11.2. The van der Waals surface area contributed by atoms with Gasteiger partial charge in [0.15, 0.2) is 5.16 Å². The van der Waals surface area contributed by atoms with Gasteiger partial charge in [0.05, 0.1) is 16.8 Å². The van der Waals surface area contributed by atoms with Gasteiger partial charge in [0.2, 0.25) is 5.91 Å². The fraction of sp³-hybridized carbons (Fsp3) is 0.269. The molecule has 33 heavy (non-hydrogen) atoms. The zero-order valence-electron chi connectivity index (χ0n) is 18.4. The average Bonchev–Trinajstić information content (AvgIpc) is 3.58. The number of hydrogen-bond donors (Lipinski definition) is 1. The van der Waals surface area contributed by atoms with Gasteiger partial charge < -0.3 is 5.32 Å². The summed E-state index contributed by atoms with van der Waals surface area (Å²) in [6.45, 7) is 2.66. The van der Waals surface area contributed by atoms with Crippen LogP contribution in [-0.2, 0) is 11.2 Å². The van der Waals surface area contributed by atoms with Crippen LogP contribution in [-0.4, -0.2) is 27.8 Å². The molecule has 0 bridgehead atoms. The molecule has 2 aromatic carbocycles. The minimum absolute atomic E-state index is 0.0446. The number of carbonyl (C=O) groups excluding carboxylic acids is 1. The highest BCUT2D eigenvalue weighted by molar-refractivity contribution is 7.99. The second-order valence-corrected chi connectivity index (χ2v) is 10.1. The quantitative estimate of drug-likeness (QED) is 0.285. The third-order valence-electron chi connectivity index (χ3n) is 5.95. The van der Waals surface area contributed by atoms with Crippen LogP contribution in [0.25, 0.3) is 15.9 Å². The lowest BCUT2D eigenvalue weighted by Gasteiger charge is -2.13. The van der Waals surface area contributed by atoms with Crippen LogP contribution in [0.1, 0.15) is 35.4 Å². The molecule has 1 saturated carbocycles. The molecule has 0 unspecified atom stereocenters. The van der Waals surface area contributed by atoms with Crippen molar-refractivity contribution in [3.8, 4) is 5.69 Å². The Hall–Kier alpha value is -2.90. The maximum Gasteiger partial charge on any atom is 0.267 e. The number of fused-ring (bicyclic) bond motifs is 1. The zero-order valence-corrected chi connectivity index (χ0v) is 20.0. The maximum atomic E-state index is 13.6. The molecular formula is C26H25N3O2S2. The first kappa shape index (κ1) is 21.9. The largest absolute Gasteiger partial charge is 0.355 e. The number of nitrogens with one attached hydrogen (secondary N) is 1. The molecule has 0 saturated heterocycles. The molecule has 5 nitrogen and oxygen atoms in total. The van der Waals surface area contributed by atoms with Crippen LogP contribution in [0.4, 0.5) is 0 Å². The lowest BCUT2D eigenvalue weighted by molar-refractivity contribution is -0.118. The summed E-state index contributed by atoms with van der Waals surface area (Å²) in [7, 11) is 0. The summed E-state index contributed by atoms with van der Waals surface area (Å²) in [5, 5.41) is 6.36. The van der Waals surface area contributed by atoms with Crippen molar-refractivity contribution in [3.05, 3.63) is 87.0 Å². The number of benzene rings is 2. The van der Waals surface area contributed by atoms with Crippen LogP contribution in [0.15, 0.2) is 69.9 Å². The SMILES string of the molecule is Cc1ccccc1CCNC(=O)CSc1nc2scc(C3CC3)c2c(=O)n1-c1ccccc1. The minimum atomic E-state index is -0.0626. The summed E-state index contributed by atoms with van der Waals surface area (Å²) < 4.78 is 1.66. The number of aromatic nitrogens is 2. The van der Waals surface area contributed by atoms with E-state index in [-0.39, 0.29) is 17.2 Å². The molecule has 0 radical (unpaired) electrons. The van der Waals surface area contributed by atoms with Gasteiger partial charge in [-0.25, -0.2) is 4.98 Å². The van der Waals surface area contributed by atoms with E-state index in [4.69, 9.17) is 4.98 Å². The molecule has 2 aromatic heterocycles. The number of rotatable bonds is 8. The molecule has 4 aromatic rings. The number of nitrogens with zero attached hydrogens (tertiary/aromatic N) is 2. The molecule has 0 aliphatic heterocycles. The Morgan fingerprint density at radius 1 is 1.15 bits per heavy atom. The number of para-hydroxylation sites is 1. The first-order chi connectivity index (χ1) is 16.1. The van der Waals surface area contributed by atoms with E-state index >= 15 is 0 Å².